The Kier molecular flexibility index (Phi) is 6.01. The number of rotatable bonds is 3. The van der Waals surface area contributed by atoms with Gasteiger partial charge in [0.2, 0.25) is 0 Å². The average Bonchev–Trinajstić information content (AvgIpc) is 2.63. The number of likely N-dealkylation sites (tertiary alicyclic amines) is 1. The molecule has 0 aromatic heterocycles. The average molecular weight is 396 g/mol. The minimum Gasteiger partial charge on any atom is -0.508 e. The van der Waals surface area contributed by atoms with Gasteiger partial charge < -0.3 is 10.2 Å². The number of phenolic OH excluding ortho intramolecular Hbond substituents is 2. The summed E-state index contributed by atoms with van der Waals surface area (Å²) in [7, 11) is 0. The van der Waals surface area contributed by atoms with Crippen molar-refractivity contribution in [3.05, 3.63) is 58.7 Å². The van der Waals surface area contributed by atoms with Crippen LogP contribution in [0.25, 0.3) is 0 Å². The molecule has 2 N–H and O–H groups in total. The molecule has 0 saturated carbocycles. The van der Waals surface area contributed by atoms with Crippen molar-refractivity contribution in [2.75, 3.05) is 13.1 Å². The number of para-hydroxylation sites is 1. The summed E-state index contributed by atoms with van der Waals surface area (Å²) in [5, 5.41) is 21.8. The van der Waals surface area contributed by atoms with Crippen LogP contribution in [0.3, 0.4) is 0 Å². The molecule has 1 atom stereocenters. The number of aromatic hydroxyl groups is 2. The van der Waals surface area contributed by atoms with Gasteiger partial charge in [-0.2, -0.15) is 0 Å². The summed E-state index contributed by atoms with van der Waals surface area (Å²) in [6, 6.07) is 12.0. The molecule has 3 rings (SSSR count). The van der Waals surface area contributed by atoms with Gasteiger partial charge in [-0.3, -0.25) is 4.90 Å². The van der Waals surface area contributed by atoms with Crippen molar-refractivity contribution in [1.82, 2.24) is 4.90 Å². The molecule has 2 aromatic carbocycles. The number of hydrogen-bond acceptors (Lipinski definition) is 3. The zero-order valence-corrected chi connectivity index (χ0v) is 18.9. The van der Waals surface area contributed by atoms with E-state index in [1.807, 2.05) is 18.2 Å². The zero-order valence-electron chi connectivity index (χ0n) is 18.9. The fourth-order valence-electron chi connectivity index (χ4n) is 4.44. The van der Waals surface area contributed by atoms with Gasteiger partial charge in [-0.1, -0.05) is 66.2 Å². The van der Waals surface area contributed by atoms with Crippen molar-refractivity contribution in [1.29, 1.82) is 0 Å². The molecule has 3 heteroatoms. The normalized spacial score (nSPS) is 17.3. The van der Waals surface area contributed by atoms with E-state index >= 15 is 0 Å². The van der Waals surface area contributed by atoms with Crippen LogP contribution in [0.2, 0.25) is 0 Å². The lowest BCUT2D eigenvalue weighted by atomic mass is 9.77. The molecule has 3 nitrogen and oxygen atoms in total. The molecular formula is C26H37NO2. The first-order valence-electron chi connectivity index (χ1n) is 10.9. The highest BCUT2D eigenvalue weighted by atomic mass is 16.3. The summed E-state index contributed by atoms with van der Waals surface area (Å²) in [4.78, 5) is 2.49. The van der Waals surface area contributed by atoms with Crippen molar-refractivity contribution in [3.63, 3.8) is 0 Å². The van der Waals surface area contributed by atoms with Crippen LogP contribution in [0.1, 0.15) is 89.1 Å². The van der Waals surface area contributed by atoms with Gasteiger partial charge in [-0.15, -0.1) is 0 Å². The third-order valence-corrected chi connectivity index (χ3v) is 6.05. The maximum atomic E-state index is 11.1. The highest BCUT2D eigenvalue weighted by Crippen LogP contribution is 2.44. The first-order valence-corrected chi connectivity index (χ1v) is 10.9. The third-order valence-electron chi connectivity index (χ3n) is 6.05. The minimum absolute atomic E-state index is 0.0145. The molecule has 1 heterocycles. The Balaban J connectivity index is 2.26. The Labute approximate surface area is 176 Å². The largest absolute Gasteiger partial charge is 0.508 e. The Hall–Kier alpha value is -2.00. The van der Waals surface area contributed by atoms with Gasteiger partial charge in [-0.05, 0) is 71.7 Å². The molecule has 1 aliphatic heterocycles. The first kappa shape index (κ1) is 21.7. The van der Waals surface area contributed by atoms with E-state index in [0.29, 0.717) is 11.5 Å². The van der Waals surface area contributed by atoms with Crippen molar-refractivity contribution < 1.29 is 10.2 Å². The molecule has 0 unspecified atom stereocenters. The van der Waals surface area contributed by atoms with Crippen molar-refractivity contribution in [2.45, 2.75) is 77.7 Å². The van der Waals surface area contributed by atoms with Crippen LogP contribution >= 0.6 is 0 Å². The maximum absolute atomic E-state index is 11.1. The molecule has 0 aliphatic carbocycles. The summed E-state index contributed by atoms with van der Waals surface area (Å²) >= 11 is 0. The van der Waals surface area contributed by atoms with Gasteiger partial charge in [0.05, 0.1) is 6.04 Å². The van der Waals surface area contributed by atoms with Crippen LogP contribution < -0.4 is 0 Å². The molecule has 1 aliphatic rings. The quantitative estimate of drug-likeness (QED) is 0.644. The van der Waals surface area contributed by atoms with E-state index in [1.54, 1.807) is 6.07 Å². The number of piperidine rings is 1. The summed E-state index contributed by atoms with van der Waals surface area (Å²) in [5.41, 5.74) is 3.69. The number of benzene rings is 2. The van der Waals surface area contributed by atoms with E-state index in [0.717, 1.165) is 35.3 Å². The van der Waals surface area contributed by atoms with Crippen LogP contribution in [0.5, 0.6) is 11.5 Å². The van der Waals surface area contributed by atoms with Crippen molar-refractivity contribution >= 4 is 0 Å². The summed E-state index contributed by atoms with van der Waals surface area (Å²) in [5.74, 6) is 0.745. The molecule has 0 bridgehead atoms. The van der Waals surface area contributed by atoms with Gasteiger partial charge in [0, 0.05) is 5.56 Å². The Morgan fingerprint density at radius 3 is 1.79 bits per heavy atom. The molecule has 1 saturated heterocycles. The number of phenols is 2. The fourth-order valence-corrected chi connectivity index (χ4v) is 4.44. The molecule has 0 amide bonds. The van der Waals surface area contributed by atoms with E-state index in [4.69, 9.17) is 0 Å². The fraction of sp³-hybridized carbons (Fsp3) is 0.538. The SMILES string of the molecule is CC(C)(C)c1cc([C@@H](c2ccccc2O)N2CCCCC2)cc(C(C)(C)C)c1O. The second-order valence-electron chi connectivity index (χ2n) is 10.5. The van der Waals surface area contributed by atoms with E-state index in [2.05, 4.69) is 58.6 Å². The molecule has 0 radical (unpaired) electrons. The Morgan fingerprint density at radius 1 is 0.793 bits per heavy atom. The van der Waals surface area contributed by atoms with Crippen LogP contribution in [-0.2, 0) is 10.8 Å². The highest BCUT2D eigenvalue weighted by molar-refractivity contribution is 5.53. The van der Waals surface area contributed by atoms with E-state index < -0.39 is 0 Å². The molecular weight excluding hydrogens is 358 g/mol. The Bertz CT molecular complexity index is 817. The lowest BCUT2D eigenvalue weighted by molar-refractivity contribution is 0.184. The highest BCUT2D eigenvalue weighted by Gasteiger charge is 2.31. The first-order chi connectivity index (χ1) is 13.5. The van der Waals surface area contributed by atoms with Crippen LogP contribution in [0, 0.1) is 0 Å². The molecule has 29 heavy (non-hydrogen) atoms. The second kappa shape index (κ2) is 8.02. The second-order valence-corrected chi connectivity index (χ2v) is 10.5. The monoisotopic (exact) mass is 395 g/mol. The van der Waals surface area contributed by atoms with Gasteiger partial charge in [0.1, 0.15) is 11.5 Å². The Morgan fingerprint density at radius 2 is 1.31 bits per heavy atom. The molecule has 0 spiro atoms. The lowest BCUT2D eigenvalue weighted by Gasteiger charge is -2.37. The van der Waals surface area contributed by atoms with Gasteiger partial charge in [0.15, 0.2) is 0 Å². The van der Waals surface area contributed by atoms with Crippen LogP contribution in [0.15, 0.2) is 36.4 Å². The van der Waals surface area contributed by atoms with Gasteiger partial charge >= 0.3 is 0 Å². The van der Waals surface area contributed by atoms with E-state index in [9.17, 15) is 10.2 Å². The summed E-state index contributed by atoms with van der Waals surface area (Å²) < 4.78 is 0. The van der Waals surface area contributed by atoms with E-state index in [-0.39, 0.29) is 16.9 Å². The summed E-state index contributed by atoms with van der Waals surface area (Å²) in [6.07, 6.45) is 3.63. The third kappa shape index (κ3) is 4.61. The topological polar surface area (TPSA) is 43.7 Å². The van der Waals surface area contributed by atoms with E-state index in [1.165, 1.54) is 19.3 Å². The van der Waals surface area contributed by atoms with Crippen molar-refractivity contribution in [3.8, 4) is 11.5 Å². The smallest absolute Gasteiger partial charge is 0.123 e. The molecule has 158 valence electrons. The van der Waals surface area contributed by atoms with Crippen molar-refractivity contribution in [2.24, 2.45) is 0 Å². The van der Waals surface area contributed by atoms with Gasteiger partial charge in [-0.25, -0.2) is 0 Å². The maximum Gasteiger partial charge on any atom is 0.123 e. The van der Waals surface area contributed by atoms with Crippen LogP contribution in [-0.4, -0.2) is 28.2 Å². The zero-order chi connectivity index (χ0) is 21.4. The van der Waals surface area contributed by atoms with Crippen LogP contribution in [0.4, 0.5) is 0 Å². The lowest BCUT2D eigenvalue weighted by Crippen LogP contribution is -2.35. The molecule has 1 fully saturated rings. The van der Waals surface area contributed by atoms with Gasteiger partial charge in [0.25, 0.3) is 0 Å². The summed E-state index contributed by atoms with van der Waals surface area (Å²) in [6.45, 7) is 14.9. The predicted molar refractivity (Wildman–Crippen MR) is 121 cm³/mol. The predicted octanol–water partition coefficient (Wildman–Crippen LogP) is 6.27. The minimum atomic E-state index is -0.175. The molecule has 2 aromatic rings. The standard InChI is InChI=1S/C26H37NO2/c1-25(2,3)20-16-18(17-21(24(20)29)26(4,5)6)23(27-14-10-7-11-15-27)19-12-8-9-13-22(19)28/h8-9,12-13,16-17,23,28-29H,7,10-11,14-15H2,1-6H3/t23-/m0/s1. The number of hydrogen-bond donors (Lipinski definition) is 2. The number of nitrogens with zero attached hydrogens (tertiary/aromatic N) is 1.